The smallest absolute Gasteiger partial charge is 0.232 e. The number of hydrogen-bond acceptors (Lipinski definition) is 2. The molecule has 0 radical (unpaired) electrons. The molecule has 0 saturated carbocycles. The van der Waals surface area contributed by atoms with Crippen LogP contribution < -0.4 is 0 Å². The van der Waals surface area contributed by atoms with Crippen molar-refractivity contribution in [3.63, 3.8) is 0 Å². The summed E-state index contributed by atoms with van der Waals surface area (Å²) in [6.07, 6.45) is 0. The molecule has 4 heteroatoms. The average Bonchev–Trinajstić information content (AvgIpc) is 2.91. The highest BCUT2D eigenvalue weighted by Gasteiger charge is 2.65. The molecule has 1 heterocycles. The van der Waals surface area contributed by atoms with Gasteiger partial charge in [-0.2, -0.15) is 0 Å². The monoisotopic (exact) mass is 488 g/mol. The Morgan fingerprint density at radius 1 is 0.848 bits per heavy atom. The van der Waals surface area contributed by atoms with Crippen LogP contribution in [0.1, 0.15) is 102 Å². The molecular weight excluding hydrogens is 436 g/mol. The summed E-state index contributed by atoms with van der Waals surface area (Å²) in [7, 11) is -4.38. The van der Waals surface area contributed by atoms with E-state index in [0.717, 1.165) is 0 Å². The van der Waals surface area contributed by atoms with Crippen molar-refractivity contribution in [2.75, 3.05) is 6.61 Å². The van der Waals surface area contributed by atoms with Gasteiger partial charge in [-0.25, -0.2) is 0 Å². The molecule has 1 atom stereocenters. The fourth-order valence-corrected chi connectivity index (χ4v) is 19.8. The SMILES string of the molecule is CC1=C(CO[Si](C(C)C)(C(C)C)C(C)C)C(C)(c2ccccc2)O[Si]1(C(C)(C)C)C(C)(C)C. The number of benzene rings is 1. The average molecular weight is 489 g/mol. The lowest BCUT2D eigenvalue weighted by Crippen LogP contribution is -2.55. The lowest BCUT2D eigenvalue weighted by Gasteiger charge is -2.50. The van der Waals surface area contributed by atoms with Crippen molar-refractivity contribution >= 4 is 16.6 Å². The maximum Gasteiger partial charge on any atom is 0.232 e. The van der Waals surface area contributed by atoms with Crippen molar-refractivity contribution in [3.05, 3.63) is 46.7 Å². The highest BCUT2D eigenvalue weighted by Crippen LogP contribution is 2.63. The van der Waals surface area contributed by atoms with E-state index in [1.807, 2.05) is 0 Å². The van der Waals surface area contributed by atoms with Crippen LogP contribution in [0.3, 0.4) is 0 Å². The van der Waals surface area contributed by atoms with E-state index in [1.54, 1.807) is 0 Å². The van der Waals surface area contributed by atoms with Gasteiger partial charge in [-0.15, -0.1) is 0 Å². The number of allylic oxidation sites excluding steroid dienone is 1. The molecule has 188 valence electrons. The van der Waals surface area contributed by atoms with Crippen LogP contribution in [0.5, 0.6) is 0 Å². The number of hydrogen-bond donors (Lipinski definition) is 0. The van der Waals surface area contributed by atoms with Gasteiger partial charge in [-0.1, -0.05) is 119 Å². The molecule has 0 aromatic heterocycles. The topological polar surface area (TPSA) is 18.5 Å². The fourth-order valence-electron chi connectivity index (χ4n) is 7.50. The van der Waals surface area contributed by atoms with Crippen LogP contribution in [0.2, 0.25) is 26.7 Å². The second-order valence-corrected chi connectivity index (χ2v) is 24.2. The Morgan fingerprint density at radius 3 is 1.64 bits per heavy atom. The van der Waals surface area contributed by atoms with Gasteiger partial charge in [0.05, 0.1) is 6.61 Å². The van der Waals surface area contributed by atoms with Crippen LogP contribution >= 0.6 is 0 Å². The van der Waals surface area contributed by atoms with Crippen LogP contribution in [-0.4, -0.2) is 23.2 Å². The molecule has 1 aliphatic heterocycles. The Hall–Kier alpha value is -0.686. The summed E-state index contributed by atoms with van der Waals surface area (Å²) >= 11 is 0. The van der Waals surface area contributed by atoms with Gasteiger partial charge in [0.15, 0.2) is 0 Å². The van der Waals surface area contributed by atoms with Gasteiger partial charge in [0, 0.05) is 0 Å². The lowest BCUT2D eigenvalue weighted by atomic mass is 9.88. The molecule has 1 aliphatic rings. The van der Waals surface area contributed by atoms with Crippen LogP contribution in [0.25, 0.3) is 0 Å². The van der Waals surface area contributed by atoms with Gasteiger partial charge in [-0.3, -0.25) is 0 Å². The predicted molar refractivity (Wildman–Crippen MR) is 150 cm³/mol. The maximum absolute atomic E-state index is 7.52. The first kappa shape index (κ1) is 28.6. The summed E-state index contributed by atoms with van der Waals surface area (Å²) < 4.78 is 14.8. The third kappa shape index (κ3) is 4.50. The van der Waals surface area contributed by atoms with Crippen molar-refractivity contribution in [2.24, 2.45) is 0 Å². The van der Waals surface area contributed by atoms with Crippen LogP contribution in [0, 0.1) is 0 Å². The first-order valence-electron chi connectivity index (χ1n) is 13.0. The van der Waals surface area contributed by atoms with E-state index in [1.165, 1.54) is 16.3 Å². The first-order chi connectivity index (χ1) is 14.9. The van der Waals surface area contributed by atoms with Gasteiger partial charge in [0.1, 0.15) is 5.60 Å². The summed E-state index contributed by atoms with van der Waals surface area (Å²) in [4.78, 5) is 0. The van der Waals surface area contributed by atoms with Crippen LogP contribution in [0.15, 0.2) is 41.1 Å². The third-order valence-corrected chi connectivity index (χ3v) is 20.9. The Morgan fingerprint density at radius 2 is 1.27 bits per heavy atom. The van der Waals surface area contributed by atoms with E-state index in [-0.39, 0.29) is 10.1 Å². The zero-order valence-corrected chi connectivity index (χ0v) is 26.1. The molecular formula is C29H52O2Si2. The van der Waals surface area contributed by atoms with E-state index in [2.05, 4.69) is 127 Å². The molecule has 0 N–H and O–H groups in total. The van der Waals surface area contributed by atoms with Crippen molar-refractivity contribution in [1.29, 1.82) is 0 Å². The van der Waals surface area contributed by atoms with Crippen LogP contribution in [-0.2, 0) is 14.5 Å². The molecule has 2 rings (SSSR count). The molecule has 0 fully saturated rings. The Kier molecular flexibility index (Phi) is 8.14. The van der Waals surface area contributed by atoms with Gasteiger partial charge >= 0.3 is 0 Å². The van der Waals surface area contributed by atoms with Crippen LogP contribution in [0.4, 0.5) is 0 Å². The minimum Gasteiger partial charge on any atom is -0.412 e. The zero-order chi connectivity index (χ0) is 25.6. The number of rotatable bonds is 7. The summed E-state index contributed by atoms with van der Waals surface area (Å²) in [6.45, 7) is 33.9. The Bertz CT molecular complexity index is 805. The van der Waals surface area contributed by atoms with Gasteiger partial charge in [0.2, 0.25) is 16.6 Å². The summed E-state index contributed by atoms with van der Waals surface area (Å²) in [5.41, 5.74) is 3.87. The fraction of sp³-hybridized carbons (Fsp3) is 0.724. The molecule has 2 nitrogen and oxygen atoms in total. The van der Waals surface area contributed by atoms with Crippen molar-refractivity contribution in [1.82, 2.24) is 0 Å². The highest BCUT2D eigenvalue weighted by molar-refractivity contribution is 6.86. The minimum absolute atomic E-state index is 0.0653. The second kappa shape index (κ2) is 9.40. The van der Waals surface area contributed by atoms with E-state index in [9.17, 15) is 0 Å². The summed E-state index contributed by atoms with van der Waals surface area (Å²) in [6, 6.07) is 10.9. The van der Waals surface area contributed by atoms with Gasteiger partial charge in [0.25, 0.3) is 0 Å². The quantitative estimate of drug-likeness (QED) is 0.356. The molecule has 1 aromatic rings. The zero-order valence-electron chi connectivity index (χ0n) is 24.1. The van der Waals surface area contributed by atoms with Crippen molar-refractivity contribution < 1.29 is 8.85 Å². The van der Waals surface area contributed by atoms with E-state index in [4.69, 9.17) is 8.85 Å². The molecule has 1 aromatic carbocycles. The molecule has 0 amide bonds. The van der Waals surface area contributed by atoms with E-state index < -0.39 is 22.2 Å². The first-order valence-corrected chi connectivity index (χ1v) is 17.0. The Balaban J connectivity index is 2.76. The minimum atomic E-state index is -2.38. The molecule has 0 aliphatic carbocycles. The predicted octanol–water partition coefficient (Wildman–Crippen LogP) is 9.53. The van der Waals surface area contributed by atoms with Crippen molar-refractivity contribution in [3.8, 4) is 0 Å². The summed E-state index contributed by atoms with van der Waals surface area (Å²) in [5.74, 6) is 0. The second-order valence-electron chi connectivity index (χ2n) is 13.4. The largest absolute Gasteiger partial charge is 0.412 e. The molecule has 33 heavy (non-hydrogen) atoms. The molecule has 0 spiro atoms. The summed E-state index contributed by atoms with van der Waals surface area (Å²) in [5, 5.41) is 1.62. The molecule has 0 saturated heterocycles. The van der Waals surface area contributed by atoms with E-state index in [0.29, 0.717) is 23.2 Å². The van der Waals surface area contributed by atoms with Gasteiger partial charge in [-0.05, 0) is 51.7 Å². The highest BCUT2D eigenvalue weighted by atomic mass is 28.4. The Labute approximate surface area is 207 Å². The standard InChI is InChI=1S/C29H52O2Si2/c1-21(2)32(22(3)4,23(5)6)30-20-26-24(7)33(27(8,9)10,28(11,12)13)31-29(26,14)25-18-16-15-17-19-25/h15-19,21-23H,20H2,1-14H3. The van der Waals surface area contributed by atoms with Gasteiger partial charge < -0.3 is 8.85 Å². The third-order valence-electron chi connectivity index (χ3n) is 8.52. The van der Waals surface area contributed by atoms with E-state index >= 15 is 0 Å². The van der Waals surface area contributed by atoms with Crippen molar-refractivity contribution in [2.45, 2.75) is 129 Å². The normalized spacial score (nSPS) is 22.2. The molecule has 0 bridgehead atoms. The maximum atomic E-state index is 7.52. The molecule has 1 unspecified atom stereocenters. The lowest BCUT2D eigenvalue weighted by molar-refractivity contribution is 0.101.